The summed E-state index contributed by atoms with van der Waals surface area (Å²) in [5.41, 5.74) is 1.27. The van der Waals surface area contributed by atoms with Crippen molar-refractivity contribution in [3.05, 3.63) is 48.0 Å². The summed E-state index contributed by atoms with van der Waals surface area (Å²) in [5, 5.41) is 12.0. The molecule has 2 atom stereocenters. The number of halogens is 2. The second-order valence-corrected chi connectivity index (χ2v) is 5.67. The molecule has 1 aromatic carbocycles. The quantitative estimate of drug-likeness (QED) is 0.601. The number of aliphatic hydroxyl groups excluding tert-OH is 1. The van der Waals surface area contributed by atoms with Crippen LogP contribution < -0.4 is 5.32 Å². The molecule has 1 saturated heterocycles. The lowest BCUT2D eigenvalue weighted by Gasteiger charge is -2.07. The number of aryl methyl sites for hydroxylation is 1. The highest BCUT2D eigenvalue weighted by atomic mass is 19.3. The van der Waals surface area contributed by atoms with Gasteiger partial charge >= 0.3 is 5.92 Å². The van der Waals surface area contributed by atoms with Crippen LogP contribution in [0, 0.1) is 0 Å². The Morgan fingerprint density at radius 2 is 2.05 bits per heavy atom. The second-order valence-electron chi connectivity index (χ2n) is 5.67. The van der Waals surface area contributed by atoms with Crippen LogP contribution in [0.5, 0.6) is 0 Å². The zero-order valence-electron chi connectivity index (χ0n) is 12.3. The first-order valence-corrected chi connectivity index (χ1v) is 7.56. The Hall–Kier alpha value is -1.75. The fourth-order valence-corrected chi connectivity index (χ4v) is 2.50. The molecular weight excluding hydrogens is 288 g/mol. The van der Waals surface area contributed by atoms with E-state index in [1.54, 1.807) is 0 Å². The molecule has 2 rings (SSSR count). The Balaban J connectivity index is 1.65. The molecule has 1 unspecified atom stereocenters. The molecule has 120 valence electrons. The molecule has 1 aliphatic heterocycles. The SMILES string of the molecule is O=C1N[C@@H](/C=C/C(O)CCCCc2ccccc2)CC1(F)F. The number of aliphatic hydroxyl groups is 1. The summed E-state index contributed by atoms with van der Waals surface area (Å²) in [5.74, 6) is -4.53. The van der Waals surface area contributed by atoms with Crippen molar-refractivity contribution in [2.24, 2.45) is 0 Å². The lowest BCUT2D eigenvalue weighted by Crippen LogP contribution is -2.30. The van der Waals surface area contributed by atoms with E-state index in [1.807, 2.05) is 18.2 Å². The number of hydrogen-bond acceptors (Lipinski definition) is 2. The number of benzene rings is 1. The lowest BCUT2D eigenvalue weighted by molar-refractivity contribution is -0.139. The van der Waals surface area contributed by atoms with Gasteiger partial charge in [0.2, 0.25) is 0 Å². The van der Waals surface area contributed by atoms with Crippen molar-refractivity contribution in [3.63, 3.8) is 0 Å². The van der Waals surface area contributed by atoms with Crippen LogP contribution >= 0.6 is 0 Å². The number of amides is 1. The van der Waals surface area contributed by atoms with Crippen molar-refractivity contribution in [1.29, 1.82) is 0 Å². The first-order chi connectivity index (χ1) is 10.5. The molecule has 0 radical (unpaired) electrons. The predicted molar refractivity (Wildman–Crippen MR) is 80.6 cm³/mol. The minimum Gasteiger partial charge on any atom is -0.389 e. The van der Waals surface area contributed by atoms with Gasteiger partial charge in [-0.1, -0.05) is 48.9 Å². The molecule has 2 N–H and O–H groups in total. The third-order valence-electron chi connectivity index (χ3n) is 3.75. The van der Waals surface area contributed by atoms with Crippen LogP contribution in [0.15, 0.2) is 42.5 Å². The number of nitrogens with one attached hydrogen (secondary N) is 1. The molecule has 0 aromatic heterocycles. The van der Waals surface area contributed by atoms with Crippen LogP contribution in [0.4, 0.5) is 8.78 Å². The monoisotopic (exact) mass is 309 g/mol. The number of carbonyl (C=O) groups is 1. The largest absolute Gasteiger partial charge is 0.389 e. The normalized spacial score (nSPS) is 22.0. The van der Waals surface area contributed by atoms with E-state index < -0.39 is 30.4 Å². The third-order valence-corrected chi connectivity index (χ3v) is 3.75. The Morgan fingerprint density at radius 3 is 2.68 bits per heavy atom. The first-order valence-electron chi connectivity index (χ1n) is 7.56. The van der Waals surface area contributed by atoms with Gasteiger partial charge in [0.1, 0.15) is 0 Å². The number of unbranched alkanes of at least 4 members (excludes halogenated alkanes) is 1. The Labute approximate surface area is 129 Å². The minimum atomic E-state index is -3.30. The topological polar surface area (TPSA) is 49.3 Å². The predicted octanol–water partition coefficient (Wildman–Crippen LogP) is 2.84. The minimum absolute atomic E-state index is 0.539. The lowest BCUT2D eigenvalue weighted by atomic mass is 10.0. The molecule has 0 bridgehead atoms. The summed E-state index contributed by atoms with van der Waals surface area (Å²) in [6.07, 6.45) is 5.11. The van der Waals surface area contributed by atoms with E-state index in [1.165, 1.54) is 17.7 Å². The van der Waals surface area contributed by atoms with Gasteiger partial charge in [-0.3, -0.25) is 4.79 Å². The van der Waals surface area contributed by atoms with Crippen LogP contribution in [0.2, 0.25) is 0 Å². The molecule has 0 aliphatic carbocycles. The average Bonchev–Trinajstić information content (AvgIpc) is 2.76. The number of hydrogen-bond donors (Lipinski definition) is 2. The van der Waals surface area contributed by atoms with Crippen LogP contribution in [0.1, 0.15) is 31.2 Å². The maximum absolute atomic E-state index is 13.0. The highest BCUT2D eigenvalue weighted by Gasteiger charge is 2.47. The molecule has 1 fully saturated rings. The zero-order chi connectivity index (χ0) is 16.0. The maximum Gasteiger partial charge on any atom is 0.326 e. The summed E-state index contributed by atoms with van der Waals surface area (Å²) in [6, 6.07) is 9.42. The number of carbonyl (C=O) groups excluding carboxylic acids is 1. The van der Waals surface area contributed by atoms with Crippen molar-refractivity contribution in [3.8, 4) is 0 Å². The van der Waals surface area contributed by atoms with Crippen molar-refractivity contribution >= 4 is 5.91 Å². The average molecular weight is 309 g/mol. The van der Waals surface area contributed by atoms with Crippen LogP contribution in [-0.4, -0.2) is 29.1 Å². The second kappa shape index (κ2) is 7.49. The van der Waals surface area contributed by atoms with Gasteiger partial charge in [0.15, 0.2) is 0 Å². The summed E-state index contributed by atoms with van der Waals surface area (Å²) in [6.45, 7) is 0. The third kappa shape index (κ3) is 4.91. The van der Waals surface area contributed by atoms with E-state index in [-0.39, 0.29) is 0 Å². The van der Waals surface area contributed by atoms with E-state index in [4.69, 9.17) is 0 Å². The van der Waals surface area contributed by atoms with E-state index in [9.17, 15) is 18.7 Å². The van der Waals surface area contributed by atoms with Gasteiger partial charge in [-0.25, -0.2) is 0 Å². The Bertz CT molecular complexity index is 517. The van der Waals surface area contributed by atoms with Crippen LogP contribution in [0.25, 0.3) is 0 Å². The summed E-state index contributed by atoms with van der Waals surface area (Å²) >= 11 is 0. The van der Waals surface area contributed by atoms with E-state index in [2.05, 4.69) is 17.4 Å². The highest BCUT2D eigenvalue weighted by Crippen LogP contribution is 2.27. The van der Waals surface area contributed by atoms with Crippen LogP contribution in [0.3, 0.4) is 0 Å². The smallest absolute Gasteiger partial charge is 0.326 e. The summed E-state index contributed by atoms with van der Waals surface area (Å²) < 4.78 is 26.0. The maximum atomic E-state index is 13.0. The van der Waals surface area contributed by atoms with E-state index in [0.717, 1.165) is 19.3 Å². The Kier molecular flexibility index (Phi) is 5.66. The van der Waals surface area contributed by atoms with Crippen molar-refractivity contribution in [2.45, 2.75) is 50.2 Å². The van der Waals surface area contributed by atoms with Gasteiger partial charge in [-0.2, -0.15) is 8.78 Å². The number of rotatable bonds is 7. The van der Waals surface area contributed by atoms with Gasteiger partial charge in [-0.05, 0) is 24.8 Å². The summed E-state index contributed by atoms with van der Waals surface area (Å²) in [4.78, 5) is 10.9. The van der Waals surface area contributed by atoms with Crippen molar-refractivity contribution < 1.29 is 18.7 Å². The molecule has 3 nitrogen and oxygen atoms in total. The fraction of sp³-hybridized carbons (Fsp3) is 0.471. The first kappa shape index (κ1) is 16.6. The van der Waals surface area contributed by atoms with Crippen molar-refractivity contribution in [2.75, 3.05) is 0 Å². The van der Waals surface area contributed by atoms with Crippen molar-refractivity contribution in [1.82, 2.24) is 5.32 Å². The number of alkyl halides is 2. The van der Waals surface area contributed by atoms with Crippen LogP contribution in [-0.2, 0) is 11.2 Å². The molecular formula is C17H21F2NO2. The molecule has 0 spiro atoms. The molecule has 1 aromatic rings. The molecule has 1 amide bonds. The van der Waals surface area contributed by atoms with Gasteiger partial charge in [0.25, 0.3) is 5.91 Å². The van der Waals surface area contributed by atoms with E-state index in [0.29, 0.717) is 6.42 Å². The Morgan fingerprint density at radius 1 is 1.32 bits per heavy atom. The van der Waals surface area contributed by atoms with Gasteiger partial charge in [-0.15, -0.1) is 0 Å². The summed E-state index contributed by atoms with van der Waals surface area (Å²) in [7, 11) is 0. The molecule has 5 heteroatoms. The van der Waals surface area contributed by atoms with Gasteiger partial charge < -0.3 is 10.4 Å². The fourth-order valence-electron chi connectivity index (χ4n) is 2.50. The molecule has 0 saturated carbocycles. The van der Waals surface area contributed by atoms with Gasteiger partial charge in [0, 0.05) is 6.42 Å². The molecule has 1 aliphatic rings. The standard InChI is InChI=1S/C17H21F2NO2/c18-17(19)12-14(20-16(17)22)10-11-15(21)9-5-4-8-13-6-2-1-3-7-13/h1-3,6-7,10-11,14-15,21H,4-5,8-9,12H2,(H,20,22)/b11-10+/t14-,15?/m0/s1. The highest BCUT2D eigenvalue weighted by molar-refractivity contribution is 5.86. The van der Waals surface area contributed by atoms with Gasteiger partial charge in [0.05, 0.1) is 12.1 Å². The zero-order valence-corrected chi connectivity index (χ0v) is 12.3. The molecule has 22 heavy (non-hydrogen) atoms. The van der Waals surface area contributed by atoms with E-state index >= 15 is 0 Å². The molecule has 1 heterocycles.